The van der Waals surface area contributed by atoms with Gasteiger partial charge in [-0.2, -0.15) is 0 Å². The molecule has 0 radical (unpaired) electrons. The Morgan fingerprint density at radius 3 is 2.47 bits per heavy atom. The lowest BCUT2D eigenvalue weighted by atomic mass is 9.96. The molecule has 2 unspecified atom stereocenters. The molecule has 1 aromatic carbocycles. The smallest absolute Gasteiger partial charge is 0.259 e. The second kappa shape index (κ2) is 5.95. The first-order valence-corrected chi connectivity index (χ1v) is 6.91. The standard InChI is InChI=1S/C15H21NO3/c1-10-6-3-2-4-7-11(10)16-15(19)14-12(17)8-5-9-13(14)18/h5,8-11,17-18H,2-4,6-7H2,1H3,(H,16,19). The molecule has 1 amide bonds. The number of carbonyl (C=O) groups is 1. The van der Waals surface area contributed by atoms with Crippen LogP contribution in [0.2, 0.25) is 0 Å². The number of phenolic OH excluding ortho intramolecular Hbond substituents is 2. The van der Waals surface area contributed by atoms with Gasteiger partial charge in [0, 0.05) is 6.04 Å². The van der Waals surface area contributed by atoms with Gasteiger partial charge in [0.1, 0.15) is 17.1 Å². The van der Waals surface area contributed by atoms with E-state index < -0.39 is 5.91 Å². The largest absolute Gasteiger partial charge is 0.507 e. The molecule has 1 aliphatic rings. The molecule has 4 nitrogen and oxygen atoms in total. The highest BCUT2D eigenvalue weighted by Crippen LogP contribution is 2.28. The minimum atomic E-state index is -0.394. The molecule has 0 aromatic heterocycles. The van der Waals surface area contributed by atoms with Crippen molar-refractivity contribution in [1.82, 2.24) is 5.32 Å². The molecule has 3 N–H and O–H groups in total. The lowest BCUT2D eigenvalue weighted by Crippen LogP contribution is -2.38. The summed E-state index contributed by atoms with van der Waals surface area (Å²) in [4.78, 5) is 12.2. The zero-order valence-corrected chi connectivity index (χ0v) is 11.2. The van der Waals surface area contributed by atoms with Crippen LogP contribution in [-0.2, 0) is 0 Å². The van der Waals surface area contributed by atoms with Crippen LogP contribution in [0.5, 0.6) is 11.5 Å². The minimum Gasteiger partial charge on any atom is -0.507 e. The van der Waals surface area contributed by atoms with Crippen LogP contribution in [0.25, 0.3) is 0 Å². The number of amides is 1. The molecular formula is C15H21NO3. The van der Waals surface area contributed by atoms with Crippen LogP contribution in [0, 0.1) is 5.92 Å². The van der Waals surface area contributed by atoms with Crippen LogP contribution in [0.15, 0.2) is 18.2 Å². The normalized spacial score (nSPS) is 23.6. The van der Waals surface area contributed by atoms with Gasteiger partial charge in [0.15, 0.2) is 0 Å². The molecule has 1 aromatic rings. The summed E-state index contributed by atoms with van der Waals surface area (Å²) in [6, 6.07) is 4.44. The number of hydrogen-bond acceptors (Lipinski definition) is 3. The molecule has 19 heavy (non-hydrogen) atoms. The maximum absolute atomic E-state index is 12.2. The zero-order chi connectivity index (χ0) is 13.8. The summed E-state index contributed by atoms with van der Waals surface area (Å²) in [5, 5.41) is 22.3. The SMILES string of the molecule is CC1CCCCCC1NC(=O)c1c(O)cccc1O. The van der Waals surface area contributed by atoms with Crippen molar-refractivity contribution in [2.24, 2.45) is 5.92 Å². The molecule has 2 rings (SSSR count). The first-order chi connectivity index (χ1) is 9.09. The van der Waals surface area contributed by atoms with Gasteiger partial charge < -0.3 is 15.5 Å². The van der Waals surface area contributed by atoms with Crippen LogP contribution >= 0.6 is 0 Å². The van der Waals surface area contributed by atoms with Crippen molar-refractivity contribution in [3.8, 4) is 11.5 Å². The monoisotopic (exact) mass is 263 g/mol. The fraction of sp³-hybridized carbons (Fsp3) is 0.533. The molecule has 0 spiro atoms. The molecule has 0 heterocycles. The Kier molecular flexibility index (Phi) is 4.30. The number of phenols is 2. The first kappa shape index (κ1) is 13.7. The van der Waals surface area contributed by atoms with E-state index in [4.69, 9.17) is 0 Å². The Labute approximate surface area is 113 Å². The topological polar surface area (TPSA) is 69.6 Å². The molecule has 2 atom stereocenters. The molecule has 1 fully saturated rings. The van der Waals surface area contributed by atoms with E-state index in [0.717, 1.165) is 19.3 Å². The maximum Gasteiger partial charge on any atom is 0.259 e. The molecule has 4 heteroatoms. The fourth-order valence-electron chi connectivity index (χ4n) is 2.71. The summed E-state index contributed by atoms with van der Waals surface area (Å²) >= 11 is 0. The predicted molar refractivity (Wildman–Crippen MR) is 73.3 cm³/mol. The number of carbonyl (C=O) groups excluding carboxylic acids is 1. The first-order valence-electron chi connectivity index (χ1n) is 6.91. The molecule has 0 bridgehead atoms. The molecular weight excluding hydrogens is 242 g/mol. The lowest BCUT2D eigenvalue weighted by molar-refractivity contribution is 0.0916. The molecule has 0 saturated heterocycles. The van der Waals surface area contributed by atoms with E-state index in [2.05, 4.69) is 12.2 Å². The quantitative estimate of drug-likeness (QED) is 0.719. The van der Waals surface area contributed by atoms with E-state index >= 15 is 0 Å². The molecule has 0 aliphatic heterocycles. The number of hydrogen-bond donors (Lipinski definition) is 3. The number of nitrogens with one attached hydrogen (secondary N) is 1. The molecule has 1 saturated carbocycles. The van der Waals surface area contributed by atoms with Crippen molar-refractivity contribution in [3.63, 3.8) is 0 Å². The van der Waals surface area contributed by atoms with Crippen LogP contribution in [0.1, 0.15) is 49.4 Å². The van der Waals surface area contributed by atoms with Crippen molar-refractivity contribution in [2.45, 2.75) is 45.1 Å². The van der Waals surface area contributed by atoms with Gasteiger partial charge >= 0.3 is 0 Å². The highest BCUT2D eigenvalue weighted by atomic mass is 16.3. The second-order valence-electron chi connectivity index (χ2n) is 5.37. The van der Waals surface area contributed by atoms with Crippen molar-refractivity contribution in [1.29, 1.82) is 0 Å². The number of aromatic hydroxyl groups is 2. The third-order valence-electron chi connectivity index (χ3n) is 3.93. The van der Waals surface area contributed by atoms with E-state index in [9.17, 15) is 15.0 Å². The van der Waals surface area contributed by atoms with Crippen LogP contribution in [0.4, 0.5) is 0 Å². The second-order valence-corrected chi connectivity index (χ2v) is 5.37. The van der Waals surface area contributed by atoms with Gasteiger partial charge in [-0.05, 0) is 30.9 Å². The third kappa shape index (κ3) is 3.19. The highest BCUT2D eigenvalue weighted by molar-refractivity contribution is 5.99. The predicted octanol–water partition coefficient (Wildman–Crippen LogP) is 2.80. The number of rotatable bonds is 2. The van der Waals surface area contributed by atoms with Gasteiger partial charge in [0.2, 0.25) is 0 Å². The Morgan fingerprint density at radius 1 is 1.16 bits per heavy atom. The fourth-order valence-corrected chi connectivity index (χ4v) is 2.71. The summed E-state index contributed by atoms with van der Waals surface area (Å²) in [7, 11) is 0. The van der Waals surface area contributed by atoms with E-state index in [0.29, 0.717) is 5.92 Å². The van der Waals surface area contributed by atoms with Crippen molar-refractivity contribution < 1.29 is 15.0 Å². The van der Waals surface area contributed by atoms with Crippen LogP contribution in [0.3, 0.4) is 0 Å². The number of benzene rings is 1. The Bertz CT molecular complexity index is 438. The Balaban J connectivity index is 2.12. The minimum absolute atomic E-state index is 0.0288. The van der Waals surface area contributed by atoms with E-state index in [1.807, 2.05) is 0 Å². The van der Waals surface area contributed by atoms with Gasteiger partial charge in [0.05, 0.1) is 0 Å². The van der Waals surface area contributed by atoms with E-state index in [-0.39, 0.29) is 23.1 Å². The Hall–Kier alpha value is -1.71. The van der Waals surface area contributed by atoms with Gasteiger partial charge in [-0.3, -0.25) is 4.79 Å². The van der Waals surface area contributed by atoms with E-state index in [1.54, 1.807) is 0 Å². The average Bonchev–Trinajstić information content (AvgIpc) is 2.55. The van der Waals surface area contributed by atoms with Crippen molar-refractivity contribution >= 4 is 5.91 Å². The molecule has 1 aliphatic carbocycles. The summed E-state index contributed by atoms with van der Waals surface area (Å²) in [5.41, 5.74) is -0.0288. The third-order valence-corrected chi connectivity index (χ3v) is 3.93. The van der Waals surface area contributed by atoms with Gasteiger partial charge in [0.25, 0.3) is 5.91 Å². The molecule has 104 valence electrons. The zero-order valence-electron chi connectivity index (χ0n) is 11.2. The lowest BCUT2D eigenvalue weighted by Gasteiger charge is -2.23. The summed E-state index contributed by atoms with van der Waals surface area (Å²) < 4.78 is 0. The average molecular weight is 263 g/mol. The van der Waals surface area contributed by atoms with Crippen molar-refractivity contribution in [2.75, 3.05) is 0 Å². The summed E-state index contributed by atoms with van der Waals surface area (Å²) in [5.74, 6) is -0.327. The van der Waals surface area contributed by atoms with Crippen molar-refractivity contribution in [3.05, 3.63) is 23.8 Å². The maximum atomic E-state index is 12.2. The van der Waals surface area contributed by atoms with E-state index in [1.165, 1.54) is 31.0 Å². The van der Waals surface area contributed by atoms with Gasteiger partial charge in [-0.25, -0.2) is 0 Å². The Morgan fingerprint density at radius 2 is 1.79 bits per heavy atom. The summed E-state index contributed by atoms with van der Waals surface area (Å²) in [6.45, 7) is 2.14. The highest BCUT2D eigenvalue weighted by Gasteiger charge is 2.24. The summed E-state index contributed by atoms with van der Waals surface area (Å²) in [6.07, 6.45) is 5.59. The van der Waals surface area contributed by atoms with Crippen LogP contribution in [-0.4, -0.2) is 22.2 Å². The van der Waals surface area contributed by atoms with Gasteiger partial charge in [-0.15, -0.1) is 0 Å². The van der Waals surface area contributed by atoms with Crippen LogP contribution < -0.4 is 5.32 Å². The van der Waals surface area contributed by atoms with Gasteiger partial charge in [-0.1, -0.05) is 32.3 Å².